The van der Waals surface area contributed by atoms with Crippen molar-refractivity contribution in [2.24, 2.45) is 0 Å². The zero-order valence-corrected chi connectivity index (χ0v) is 11.3. The van der Waals surface area contributed by atoms with Gasteiger partial charge in [0.15, 0.2) is 5.58 Å². The van der Waals surface area contributed by atoms with Gasteiger partial charge >= 0.3 is 6.18 Å². The van der Waals surface area contributed by atoms with E-state index in [1.54, 1.807) is 6.07 Å². The minimum atomic E-state index is -4.37. The summed E-state index contributed by atoms with van der Waals surface area (Å²) in [5.41, 5.74) is 0.490. The van der Waals surface area contributed by atoms with Crippen molar-refractivity contribution < 1.29 is 22.5 Å². The van der Waals surface area contributed by atoms with Gasteiger partial charge in [-0.1, -0.05) is 0 Å². The van der Waals surface area contributed by atoms with Crippen LogP contribution in [-0.2, 0) is 0 Å². The van der Waals surface area contributed by atoms with Crippen LogP contribution in [0.15, 0.2) is 28.9 Å². The van der Waals surface area contributed by atoms with Gasteiger partial charge in [-0.3, -0.25) is 10.1 Å². The summed E-state index contributed by atoms with van der Waals surface area (Å²) in [5.74, 6) is 0. The van der Waals surface area contributed by atoms with E-state index >= 15 is 0 Å². The second-order valence-electron chi connectivity index (χ2n) is 5.06. The third-order valence-electron chi connectivity index (χ3n) is 3.64. The highest BCUT2D eigenvalue weighted by Crippen LogP contribution is 2.34. The number of anilines is 1. The average molecular weight is 315 g/mol. The lowest BCUT2D eigenvalue weighted by Crippen LogP contribution is -2.57. The van der Waals surface area contributed by atoms with Crippen molar-refractivity contribution in [3.05, 3.63) is 34.6 Å². The number of nitrogens with zero attached hydrogens (tertiary/aromatic N) is 2. The monoisotopic (exact) mass is 315 g/mol. The van der Waals surface area contributed by atoms with Crippen molar-refractivity contribution in [1.82, 2.24) is 5.32 Å². The van der Waals surface area contributed by atoms with E-state index in [0.29, 0.717) is 23.2 Å². The number of rotatable bonds is 2. The molecule has 1 saturated heterocycles. The number of hydrogen-bond acceptors (Lipinski definition) is 5. The molecule has 2 aromatic rings. The lowest BCUT2D eigenvalue weighted by Gasteiger charge is -2.35. The number of non-ortho nitro benzene ring substituents is 1. The van der Waals surface area contributed by atoms with E-state index in [1.165, 1.54) is 23.3 Å². The van der Waals surface area contributed by atoms with Gasteiger partial charge in [-0.25, -0.2) is 0 Å². The topological polar surface area (TPSA) is 71.6 Å². The molecule has 1 unspecified atom stereocenters. The molecule has 1 aliphatic rings. The molecule has 0 saturated carbocycles. The summed E-state index contributed by atoms with van der Waals surface area (Å²) >= 11 is 0. The Morgan fingerprint density at radius 3 is 2.86 bits per heavy atom. The molecule has 1 aromatic heterocycles. The van der Waals surface area contributed by atoms with Crippen LogP contribution in [0.5, 0.6) is 0 Å². The molecule has 6 nitrogen and oxygen atoms in total. The van der Waals surface area contributed by atoms with Crippen LogP contribution >= 0.6 is 0 Å². The van der Waals surface area contributed by atoms with Crippen LogP contribution in [0.1, 0.15) is 0 Å². The first-order chi connectivity index (χ1) is 10.4. The van der Waals surface area contributed by atoms with Gasteiger partial charge in [-0.2, -0.15) is 13.2 Å². The van der Waals surface area contributed by atoms with Crippen molar-refractivity contribution in [1.29, 1.82) is 0 Å². The lowest BCUT2D eigenvalue weighted by molar-refractivity contribution is -0.384. The van der Waals surface area contributed by atoms with Gasteiger partial charge in [0.05, 0.1) is 16.9 Å². The average Bonchev–Trinajstić information content (AvgIpc) is 2.93. The SMILES string of the molecule is O=[N+]([O-])c1cc(N2CCNC(C(F)(F)F)C2)c2occc2c1. The van der Waals surface area contributed by atoms with E-state index in [1.807, 2.05) is 0 Å². The van der Waals surface area contributed by atoms with Gasteiger partial charge in [-0.15, -0.1) is 0 Å². The summed E-state index contributed by atoms with van der Waals surface area (Å²) in [6, 6.07) is 2.47. The van der Waals surface area contributed by atoms with Crippen molar-refractivity contribution in [2.75, 3.05) is 24.5 Å². The fourth-order valence-electron chi connectivity index (χ4n) is 2.58. The maximum absolute atomic E-state index is 12.9. The van der Waals surface area contributed by atoms with Crippen LogP contribution in [0.25, 0.3) is 11.0 Å². The Hall–Kier alpha value is -2.29. The Morgan fingerprint density at radius 2 is 2.18 bits per heavy atom. The van der Waals surface area contributed by atoms with Crippen molar-refractivity contribution in [3.8, 4) is 0 Å². The highest BCUT2D eigenvalue weighted by atomic mass is 19.4. The van der Waals surface area contributed by atoms with Crippen molar-refractivity contribution >= 4 is 22.3 Å². The molecular formula is C13H12F3N3O3. The van der Waals surface area contributed by atoms with Crippen LogP contribution in [0, 0.1) is 10.1 Å². The van der Waals surface area contributed by atoms with Crippen LogP contribution in [0.4, 0.5) is 24.5 Å². The Balaban J connectivity index is 2.01. The first-order valence-corrected chi connectivity index (χ1v) is 6.57. The molecule has 1 aliphatic heterocycles. The van der Waals surface area contributed by atoms with Gasteiger partial charge in [0.2, 0.25) is 0 Å². The van der Waals surface area contributed by atoms with Crippen LogP contribution in [-0.4, -0.2) is 36.8 Å². The predicted molar refractivity (Wildman–Crippen MR) is 72.9 cm³/mol. The number of hydrogen-bond donors (Lipinski definition) is 1. The molecule has 1 aromatic carbocycles. The van der Waals surface area contributed by atoms with E-state index in [2.05, 4.69) is 5.32 Å². The van der Waals surface area contributed by atoms with Gasteiger partial charge in [0, 0.05) is 37.2 Å². The summed E-state index contributed by atoms with van der Waals surface area (Å²) in [4.78, 5) is 11.9. The summed E-state index contributed by atoms with van der Waals surface area (Å²) in [6.45, 7) is 0.124. The number of halogens is 3. The number of alkyl halides is 3. The lowest BCUT2D eigenvalue weighted by atomic mass is 10.1. The molecule has 0 amide bonds. The van der Waals surface area contributed by atoms with Crippen LogP contribution in [0.3, 0.4) is 0 Å². The summed E-state index contributed by atoms with van der Waals surface area (Å²) in [5, 5.41) is 13.9. The minimum Gasteiger partial charge on any atom is -0.462 e. The molecule has 0 bridgehead atoms. The molecular weight excluding hydrogens is 303 g/mol. The maximum Gasteiger partial charge on any atom is 0.405 e. The third-order valence-corrected chi connectivity index (χ3v) is 3.64. The number of nitro benzene ring substituents is 1. The molecule has 0 radical (unpaired) electrons. The van der Waals surface area contributed by atoms with Gasteiger partial charge in [0.25, 0.3) is 5.69 Å². The van der Waals surface area contributed by atoms with E-state index in [4.69, 9.17) is 4.42 Å². The number of nitro groups is 1. The molecule has 118 valence electrons. The second-order valence-corrected chi connectivity index (χ2v) is 5.06. The first-order valence-electron chi connectivity index (χ1n) is 6.57. The van der Waals surface area contributed by atoms with Crippen LogP contribution in [0.2, 0.25) is 0 Å². The molecule has 1 N–H and O–H groups in total. The first kappa shape index (κ1) is 14.6. The number of benzene rings is 1. The summed E-state index contributed by atoms with van der Waals surface area (Å²) in [7, 11) is 0. The normalized spacial score (nSPS) is 19.6. The smallest absolute Gasteiger partial charge is 0.405 e. The Morgan fingerprint density at radius 1 is 1.41 bits per heavy atom. The van der Waals surface area contributed by atoms with Crippen LogP contribution < -0.4 is 10.2 Å². The Bertz CT molecular complexity index is 713. The number of furan rings is 1. The number of nitrogens with one attached hydrogen (secondary N) is 1. The largest absolute Gasteiger partial charge is 0.462 e. The highest BCUT2D eigenvalue weighted by Gasteiger charge is 2.42. The second kappa shape index (κ2) is 5.16. The van der Waals surface area contributed by atoms with Crippen molar-refractivity contribution in [2.45, 2.75) is 12.2 Å². The Labute approximate surface area is 122 Å². The van der Waals surface area contributed by atoms with E-state index < -0.39 is 17.1 Å². The van der Waals surface area contributed by atoms with Crippen molar-refractivity contribution in [3.63, 3.8) is 0 Å². The zero-order valence-electron chi connectivity index (χ0n) is 11.3. The fraction of sp³-hybridized carbons (Fsp3) is 0.385. The quantitative estimate of drug-likeness (QED) is 0.681. The molecule has 0 spiro atoms. The standard InChI is InChI=1S/C13H12F3N3O3/c14-13(15,16)11-7-18(3-2-17-11)10-6-9(19(20)21)5-8-1-4-22-12(8)10/h1,4-6,11,17H,2-3,7H2. The van der Waals surface area contributed by atoms with Gasteiger partial charge < -0.3 is 14.6 Å². The predicted octanol–water partition coefficient (Wildman–Crippen LogP) is 2.68. The molecule has 3 rings (SSSR count). The molecule has 1 fully saturated rings. The molecule has 9 heteroatoms. The minimum absolute atomic E-state index is 0.134. The maximum atomic E-state index is 12.9. The fourth-order valence-corrected chi connectivity index (χ4v) is 2.58. The zero-order chi connectivity index (χ0) is 15.9. The molecule has 22 heavy (non-hydrogen) atoms. The molecule has 2 heterocycles. The summed E-state index contributed by atoms with van der Waals surface area (Å²) < 4.78 is 43.9. The number of piperazine rings is 1. The van der Waals surface area contributed by atoms with E-state index in [-0.39, 0.29) is 18.8 Å². The number of fused-ring (bicyclic) bond motifs is 1. The highest BCUT2D eigenvalue weighted by molar-refractivity contribution is 5.92. The van der Waals surface area contributed by atoms with E-state index in [0.717, 1.165) is 0 Å². The summed E-state index contributed by atoms with van der Waals surface area (Å²) in [6.07, 6.45) is -3.01. The molecule has 1 atom stereocenters. The van der Waals surface area contributed by atoms with Gasteiger partial charge in [-0.05, 0) is 6.07 Å². The molecule has 0 aliphatic carbocycles. The van der Waals surface area contributed by atoms with E-state index in [9.17, 15) is 23.3 Å². The third kappa shape index (κ3) is 2.59. The van der Waals surface area contributed by atoms with Gasteiger partial charge in [0.1, 0.15) is 6.04 Å². The Kier molecular flexibility index (Phi) is 3.44.